The molecule has 1 amide bonds. The second-order valence-electron chi connectivity index (χ2n) is 7.58. The third-order valence-electron chi connectivity index (χ3n) is 4.99. The second-order valence-corrected chi connectivity index (χ2v) is 8.45. The van der Waals surface area contributed by atoms with Gasteiger partial charge in [-0.3, -0.25) is 14.8 Å². The Labute approximate surface area is 197 Å². The lowest BCUT2D eigenvalue weighted by molar-refractivity contribution is 0.0951. The van der Waals surface area contributed by atoms with E-state index in [-0.39, 0.29) is 5.91 Å². The summed E-state index contributed by atoms with van der Waals surface area (Å²) in [5, 5.41) is 10.5. The van der Waals surface area contributed by atoms with E-state index in [0.717, 1.165) is 47.0 Å². The summed E-state index contributed by atoms with van der Waals surface area (Å²) in [5.74, 6) is 0.602. The monoisotopic (exact) mass is 467 g/mol. The van der Waals surface area contributed by atoms with Crippen molar-refractivity contribution in [3.8, 4) is 11.1 Å². The van der Waals surface area contributed by atoms with E-state index in [0.29, 0.717) is 28.7 Å². The summed E-state index contributed by atoms with van der Waals surface area (Å²) in [5.41, 5.74) is 5.26. The summed E-state index contributed by atoms with van der Waals surface area (Å²) in [4.78, 5) is 21.6. The van der Waals surface area contributed by atoms with Crippen molar-refractivity contribution in [3.05, 3.63) is 87.2 Å². The van der Waals surface area contributed by atoms with Crippen LogP contribution in [0.3, 0.4) is 0 Å². The maximum absolute atomic E-state index is 13.0. The molecule has 0 bridgehead atoms. The molecule has 0 fully saturated rings. The first-order valence-electron chi connectivity index (χ1n) is 10.3. The number of guanidine groups is 1. The van der Waals surface area contributed by atoms with Crippen molar-refractivity contribution in [2.75, 3.05) is 13.1 Å². The van der Waals surface area contributed by atoms with Crippen LogP contribution in [0.25, 0.3) is 11.1 Å². The number of carbonyl (C=O) groups is 1. The number of hydrogen-bond acceptors (Lipinski definition) is 5. The summed E-state index contributed by atoms with van der Waals surface area (Å²) in [6, 6.07) is 15.0. The molecule has 0 spiro atoms. The number of aryl methyl sites for hydroxylation is 1. The zero-order valence-electron chi connectivity index (χ0n) is 17.6. The highest BCUT2D eigenvalue weighted by molar-refractivity contribution is 6.34. The lowest BCUT2D eigenvalue weighted by Gasteiger charge is -2.13. The highest BCUT2D eigenvalue weighted by Gasteiger charge is 2.12. The average molecular weight is 468 g/mol. The van der Waals surface area contributed by atoms with Crippen LogP contribution in [0, 0.1) is 6.92 Å². The molecule has 0 saturated carbocycles. The van der Waals surface area contributed by atoms with Crippen LogP contribution in [0.5, 0.6) is 0 Å². The third-order valence-corrected chi connectivity index (χ3v) is 5.43. The Morgan fingerprint density at radius 1 is 1.00 bits per heavy atom. The van der Waals surface area contributed by atoms with Gasteiger partial charge >= 0.3 is 0 Å². The highest BCUT2D eigenvalue weighted by atomic mass is 35.5. The van der Waals surface area contributed by atoms with Crippen molar-refractivity contribution >= 4 is 35.1 Å². The molecule has 2 heterocycles. The molecule has 1 aliphatic rings. The fourth-order valence-electron chi connectivity index (χ4n) is 3.52. The molecule has 8 heteroatoms. The number of nitrogens with zero attached hydrogens (tertiary/aromatic N) is 2. The number of carbonyl (C=O) groups excluding carboxylic acids is 1. The average Bonchev–Trinajstić information content (AvgIpc) is 3.29. The normalized spacial score (nSPS) is 12.8. The van der Waals surface area contributed by atoms with E-state index in [2.05, 4.69) is 32.0 Å². The summed E-state index contributed by atoms with van der Waals surface area (Å²) in [7, 11) is 0. The lowest BCUT2D eigenvalue weighted by Crippen LogP contribution is -2.33. The van der Waals surface area contributed by atoms with Gasteiger partial charge in [0.05, 0.1) is 6.54 Å². The zero-order valence-corrected chi connectivity index (χ0v) is 19.1. The number of halogens is 2. The van der Waals surface area contributed by atoms with E-state index in [4.69, 9.17) is 23.2 Å². The Kier molecular flexibility index (Phi) is 6.93. The largest absolute Gasteiger partial charge is 0.355 e. The molecule has 1 aliphatic heterocycles. The van der Waals surface area contributed by atoms with E-state index < -0.39 is 0 Å². The van der Waals surface area contributed by atoms with Crippen molar-refractivity contribution in [2.24, 2.45) is 4.99 Å². The van der Waals surface area contributed by atoms with Gasteiger partial charge in [-0.05, 0) is 77.7 Å². The third kappa shape index (κ3) is 5.78. The van der Waals surface area contributed by atoms with Gasteiger partial charge in [0, 0.05) is 47.1 Å². The zero-order chi connectivity index (χ0) is 22.5. The van der Waals surface area contributed by atoms with Crippen LogP contribution in [0.2, 0.25) is 10.0 Å². The number of pyridine rings is 1. The summed E-state index contributed by atoms with van der Waals surface area (Å²) in [6.45, 7) is 4.42. The molecule has 164 valence electrons. The molecule has 32 heavy (non-hydrogen) atoms. The lowest BCUT2D eigenvalue weighted by atomic mass is 9.99. The number of aliphatic imine (C=N–C) groups is 1. The Hall–Kier alpha value is -3.09. The molecule has 6 nitrogen and oxygen atoms in total. The number of nitrogens with one attached hydrogen (secondary N) is 3. The first-order valence-corrected chi connectivity index (χ1v) is 11.0. The number of aromatic nitrogens is 1. The van der Waals surface area contributed by atoms with Gasteiger partial charge in [0.25, 0.3) is 5.91 Å². The molecule has 4 rings (SSSR count). The standard InChI is InChI=1S/C24H23Cl2N5O/c1-15-6-18(2-3-27-15)19-7-16(14-31-24-28-4-5-29-24)8-20(11-19)23(32)30-13-17-9-21(25)12-22(26)10-17/h2-3,6-12H,4-5,13-14H2,1H3,(H,30,32)(H2,28,29,31). The number of benzene rings is 2. The molecular formula is C24H23Cl2N5O. The van der Waals surface area contributed by atoms with Crippen molar-refractivity contribution in [1.82, 2.24) is 20.9 Å². The van der Waals surface area contributed by atoms with Gasteiger partial charge in [-0.1, -0.05) is 23.2 Å². The molecule has 0 unspecified atom stereocenters. The maximum atomic E-state index is 13.0. The van der Waals surface area contributed by atoms with Crippen LogP contribution in [-0.2, 0) is 13.1 Å². The van der Waals surface area contributed by atoms with Gasteiger partial charge in [-0.2, -0.15) is 0 Å². The van der Waals surface area contributed by atoms with Crippen molar-refractivity contribution in [2.45, 2.75) is 20.0 Å². The molecule has 0 aliphatic carbocycles. The van der Waals surface area contributed by atoms with Crippen LogP contribution in [0.4, 0.5) is 0 Å². The predicted molar refractivity (Wildman–Crippen MR) is 129 cm³/mol. The molecule has 0 saturated heterocycles. The van der Waals surface area contributed by atoms with Crippen LogP contribution in [0.1, 0.15) is 27.2 Å². The molecule has 0 radical (unpaired) electrons. The molecule has 1 aromatic heterocycles. The predicted octanol–water partition coefficient (Wildman–Crippen LogP) is 4.34. The molecule has 2 aromatic carbocycles. The van der Waals surface area contributed by atoms with Gasteiger partial charge < -0.3 is 16.0 Å². The first kappa shape index (κ1) is 22.1. The SMILES string of the molecule is Cc1cc(-c2cc(CNC3=NCCN3)cc(C(=O)NCc3cc(Cl)cc(Cl)c3)c2)ccn1. The van der Waals surface area contributed by atoms with Gasteiger partial charge in [-0.25, -0.2) is 0 Å². The van der Waals surface area contributed by atoms with E-state index in [1.54, 1.807) is 24.4 Å². The molecular weight excluding hydrogens is 445 g/mol. The van der Waals surface area contributed by atoms with Gasteiger partial charge in [0.1, 0.15) is 0 Å². The van der Waals surface area contributed by atoms with E-state index in [1.165, 1.54) is 0 Å². The Balaban J connectivity index is 1.57. The van der Waals surface area contributed by atoms with Crippen molar-refractivity contribution in [1.29, 1.82) is 0 Å². The van der Waals surface area contributed by atoms with Gasteiger partial charge in [0.15, 0.2) is 5.96 Å². The van der Waals surface area contributed by atoms with Crippen LogP contribution in [0.15, 0.2) is 59.7 Å². The minimum absolute atomic E-state index is 0.175. The first-order chi connectivity index (χ1) is 15.5. The molecule has 3 aromatic rings. The summed E-state index contributed by atoms with van der Waals surface area (Å²) < 4.78 is 0. The quantitative estimate of drug-likeness (QED) is 0.503. The Morgan fingerprint density at radius 2 is 1.78 bits per heavy atom. The number of rotatable bonds is 6. The highest BCUT2D eigenvalue weighted by Crippen LogP contribution is 2.24. The topological polar surface area (TPSA) is 78.4 Å². The van der Waals surface area contributed by atoms with Crippen molar-refractivity contribution in [3.63, 3.8) is 0 Å². The second kappa shape index (κ2) is 10.0. The van der Waals surface area contributed by atoms with E-state index in [9.17, 15) is 4.79 Å². The van der Waals surface area contributed by atoms with E-state index >= 15 is 0 Å². The summed E-state index contributed by atoms with van der Waals surface area (Å²) in [6.07, 6.45) is 1.77. The molecule has 0 atom stereocenters. The Bertz CT molecular complexity index is 1160. The summed E-state index contributed by atoms with van der Waals surface area (Å²) >= 11 is 12.1. The van der Waals surface area contributed by atoms with Gasteiger partial charge in [-0.15, -0.1) is 0 Å². The fourth-order valence-corrected chi connectivity index (χ4v) is 4.09. The van der Waals surface area contributed by atoms with Crippen molar-refractivity contribution < 1.29 is 4.79 Å². The molecule has 3 N–H and O–H groups in total. The van der Waals surface area contributed by atoms with E-state index in [1.807, 2.05) is 31.2 Å². The van der Waals surface area contributed by atoms with Crippen LogP contribution < -0.4 is 16.0 Å². The smallest absolute Gasteiger partial charge is 0.251 e. The maximum Gasteiger partial charge on any atom is 0.251 e. The minimum atomic E-state index is -0.175. The van der Waals surface area contributed by atoms with Crippen LogP contribution in [-0.4, -0.2) is 29.9 Å². The number of hydrogen-bond donors (Lipinski definition) is 3. The van der Waals surface area contributed by atoms with Crippen LogP contribution >= 0.6 is 23.2 Å². The fraction of sp³-hybridized carbons (Fsp3) is 0.208. The minimum Gasteiger partial charge on any atom is -0.355 e. The Morgan fingerprint density at radius 3 is 2.50 bits per heavy atom. The number of amides is 1. The van der Waals surface area contributed by atoms with Gasteiger partial charge in [0.2, 0.25) is 0 Å².